The van der Waals surface area contributed by atoms with Crippen molar-refractivity contribution in [1.82, 2.24) is 15.5 Å². The molecule has 0 spiro atoms. The van der Waals surface area contributed by atoms with E-state index in [1.54, 1.807) is 22.6 Å². The maximum Gasteiger partial charge on any atom is 0.234 e. The SMILES string of the molecule is CC1CCCC(C)N1CC(=O)NCCC(=O)NCCCC(=O)I. The molecule has 2 N–H and O–H groups in total. The lowest BCUT2D eigenvalue weighted by Gasteiger charge is -2.38. The molecule has 1 aliphatic rings. The zero-order valence-electron chi connectivity index (χ0n) is 14.1. The van der Waals surface area contributed by atoms with Gasteiger partial charge >= 0.3 is 0 Å². The summed E-state index contributed by atoms with van der Waals surface area (Å²) in [4.78, 5) is 36.6. The Kier molecular flexibility index (Phi) is 9.69. The third-order valence-corrected chi connectivity index (χ3v) is 4.79. The lowest BCUT2D eigenvalue weighted by Crippen LogP contribution is -2.49. The Morgan fingerprint density at radius 1 is 1.00 bits per heavy atom. The first-order chi connectivity index (χ1) is 10.9. The molecule has 0 bridgehead atoms. The van der Waals surface area contributed by atoms with Crippen molar-refractivity contribution in [3.8, 4) is 0 Å². The van der Waals surface area contributed by atoms with Crippen LogP contribution >= 0.6 is 22.6 Å². The Bertz CT molecular complexity index is 407. The largest absolute Gasteiger partial charge is 0.356 e. The summed E-state index contributed by atoms with van der Waals surface area (Å²) < 4.78 is 0.102. The van der Waals surface area contributed by atoms with Crippen LogP contribution in [-0.4, -0.2) is 52.2 Å². The lowest BCUT2D eigenvalue weighted by atomic mass is 9.97. The molecular weight excluding hydrogens is 409 g/mol. The van der Waals surface area contributed by atoms with E-state index < -0.39 is 0 Å². The Labute approximate surface area is 152 Å². The van der Waals surface area contributed by atoms with Crippen molar-refractivity contribution in [3.63, 3.8) is 0 Å². The first kappa shape index (κ1) is 20.3. The molecule has 0 radical (unpaired) electrons. The smallest absolute Gasteiger partial charge is 0.234 e. The van der Waals surface area contributed by atoms with E-state index in [0.29, 0.717) is 44.6 Å². The van der Waals surface area contributed by atoms with Gasteiger partial charge in [0.2, 0.25) is 11.8 Å². The molecule has 23 heavy (non-hydrogen) atoms. The molecule has 132 valence electrons. The Morgan fingerprint density at radius 2 is 1.61 bits per heavy atom. The molecule has 0 aliphatic carbocycles. The van der Waals surface area contributed by atoms with Crippen molar-refractivity contribution in [2.24, 2.45) is 0 Å². The number of piperidine rings is 1. The quantitative estimate of drug-likeness (QED) is 0.327. The fourth-order valence-electron chi connectivity index (χ4n) is 2.87. The number of nitrogens with one attached hydrogen (secondary N) is 2. The molecule has 2 atom stereocenters. The van der Waals surface area contributed by atoms with Crippen molar-refractivity contribution in [2.75, 3.05) is 19.6 Å². The molecule has 1 rings (SSSR count). The summed E-state index contributed by atoms with van der Waals surface area (Å²) in [7, 11) is 0. The van der Waals surface area contributed by atoms with E-state index in [1.807, 2.05) is 0 Å². The second kappa shape index (κ2) is 11.0. The van der Waals surface area contributed by atoms with Crippen LogP contribution in [0.2, 0.25) is 0 Å². The molecular formula is C16H28IN3O3. The van der Waals surface area contributed by atoms with Gasteiger partial charge in [0.1, 0.15) is 0 Å². The molecule has 7 heteroatoms. The zero-order chi connectivity index (χ0) is 17.2. The van der Waals surface area contributed by atoms with Gasteiger partial charge in [-0.15, -0.1) is 0 Å². The van der Waals surface area contributed by atoms with E-state index in [2.05, 4.69) is 29.4 Å². The molecule has 0 aromatic heterocycles. The topological polar surface area (TPSA) is 78.5 Å². The van der Waals surface area contributed by atoms with Gasteiger partial charge in [-0.3, -0.25) is 19.3 Å². The van der Waals surface area contributed by atoms with E-state index in [9.17, 15) is 14.4 Å². The van der Waals surface area contributed by atoms with Crippen molar-refractivity contribution in [3.05, 3.63) is 0 Å². The molecule has 0 aromatic carbocycles. The highest BCUT2D eigenvalue weighted by atomic mass is 127. The number of hydrogen-bond acceptors (Lipinski definition) is 4. The maximum atomic E-state index is 12.0. The minimum absolute atomic E-state index is 0.0195. The van der Waals surface area contributed by atoms with E-state index in [0.717, 1.165) is 12.8 Å². The van der Waals surface area contributed by atoms with Gasteiger partial charge < -0.3 is 10.6 Å². The van der Waals surface area contributed by atoms with Crippen LogP contribution in [0.4, 0.5) is 0 Å². The number of carbonyl (C=O) groups is 3. The molecule has 1 saturated heterocycles. The second-order valence-corrected chi connectivity index (χ2v) is 7.41. The number of rotatable bonds is 9. The molecule has 0 saturated carbocycles. The number of halogens is 1. The van der Waals surface area contributed by atoms with Crippen LogP contribution in [0.25, 0.3) is 0 Å². The summed E-state index contributed by atoms with van der Waals surface area (Å²) in [6, 6.07) is 0.877. The van der Waals surface area contributed by atoms with E-state index in [4.69, 9.17) is 0 Å². The molecule has 6 nitrogen and oxygen atoms in total. The van der Waals surface area contributed by atoms with Gasteiger partial charge in [-0.05, 0) is 55.7 Å². The predicted octanol–water partition coefficient (Wildman–Crippen LogP) is 1.61. The molecule has 2 unspecified atom stereocenters. The first-order valence-electron chi connectivity index (χ1n) is 8.37. The summed E-state index contributed by atoms with van der Waals surface area (Å²) >= 11 is 1.75. The van der Waals surface area contributed by atoms with Crippen LogP contribution in [0.5, 0.6) is 0 Å². The number of nitrogens with zero attached hydrogens (tertiary/aromatic N) is 1. The maximum absolute atomic E-state index is 12.0. The van der Waals surface area contributed by atoms with Crippen LogP contribution in [0.1, 0.15) is 52.4 Å². The van der Waals surface area contributed by atoms with Crippen molar-refractivity contribution in [2.45, 2.75) is 64.5 Å². The third kappa shape index (κ3) is 8.64. The summed E-state index contributed by atoms with van der Waals surface area (Å²) in [5.74, 6) is -0.111. The van der Waals surface area contributed by atoms with Crippen molar-refractivity contribution in [1.29, 1.82) is 0 Å². The summed E-state index contributed by atoms with van der Waals surface area (Å²) in [5.41, 5.74) is 0. The Balaban J connectivity index is 2.13. The molecule has 2 amide bonds. The van der Waals surface area contributed by atoms with E-state index in [-0.39, 0.29) is 22.0 Å². The summed E-state index contributed by atoms with van der Waals surface area (Å²) in [6.07, 6.45) is 4.91. The Hall–Kier alpha value is -0.700. The highest BCUT2D eigenvalue weighted by Gasteiger charge is 2.26. The van der Waals surface area contributed by atoms with Gasteiger partial charge in [0.05, 0.1) is 6.54 Å². The highest BCUT2D eigenvalue weighted by molar-refractivity contribution is 14.1. The standard InChI is InChI=1S/C16H28IN3O3/c1-12-5-3-6-13(2)20(12)11-16(23)19-10-8-15(22)18-9-4-7-14(17)21/h12-13H,3-11H2,1-2H3,(H,18,22)(H,19,23). The summed E-state index contributed by atoms with van der Waals surface area (Å²) in [6.45, 7) is 5.59. The molecule has 1 aliphatic heterocycles. The van der Waals surface area contributed by atoms with Gasteiger partial charge in [-0.2, -0.15) is 0 Å². The molecule has 1 heterocycles. The van der Waals surface area contributed by atoms with Crippen molar-refractivity contribution >= 4 is 38.2 Å². The first-order valence-corrected chi connectivity index (χ1v) is 9.45. The number of amides is 2. The van der Waals surface area contributed by atoms with Crippen LogP contribution in [-0.2, 0) is 14.4 Å². The predicted molar refractivity (Wildman–Crippen MR) is 98.4 cm³/mol. The third-order valence-electron chi connectivity index (χ3n) is 4.25. The van der Waals surface area contributed by atoms with Gasteiger partial charge in [-0.1, -0.05) is 6.42 Å². The second-order valence-electron chi connectivity index (χ2n) is 6.21. The normalized spacial score (nSPS) is 21.7. The fourth-order valence-corrected chi connectivity index (χ4v) is 3.25. The fraction of sp³-hybridized carbons (Fsp3) is 0.812. The van der Waals surface area contributed by atoms with Crippen LogP contribution in [0.15, 0.2) is 0 Å². The minimum atomic E-state index is -0.0917. The van der Waals surface area contributed by atoms with Crippen LogP contribution < -0.4 is 10.6 Å². The van der Waals surface area contributed by atoms with Crippen LogP contribution in [0, 0.1) is 0 Å². The van der Waals surface area contributed by atoms with Crippen LogP contribution in [0.3, 0.4) is 0 Å². The number of hydrogen-bond donors (Lipinski definition) is 2. The number of carbonyl (C=O) groups excluding carboxylic acids is 3. The Morgan fingerprint density at radius 3 is 2.22 bits per heavy atom. The average Bonchev–Trinajstić information content (AvgIpc) is 2.47. The molecule has 1 fully saturated rings. The van der Waals surface area contributed by atoms with Gasteiger partial charge in [0.15, 0.2) is 3.79 Å². The van der Waals surface area contributed by atoms with E-state index in [1.165, 1.54) is 6.42 Å². The van der Waals surface area contributed by atoms with Gasteiger partial charge in [0, 0.05) is 38.0 Å². The van der Waals surface area contributed by atoms with Gasteiger partial charge in [0.25, 0.3) is 0 Å². The van der Waals surface area contributed by atoms with Crippen molar-refractivity contribution < 1.29 is 14.4 Å². The monoisotopic (exact) mass is 437 g/mol. The molecule has 0 aromatic rings. The minimum Gasteiger partial charge on any atom is -0.356 e. The van der Waals surface area contributed by atoms with Gasteiger partial charge in [-0.25, -0.2) is 0 Å². The average molecular weight is 437 g/mol. The highest BCUT2D eigenvalue weighted by Crippen LogP contribution is 2.21. The lowest BCUT2D eigenvalue weighted by molar-refractivity contribution is -0.124. The zero-order valence-corrected chi connectivity index (χ0v) is 16.2. The number of likely N-dealkylation sites (tertiary alicyclic amines) is 1. The summed E-state index contributed by atoms with van der Waals surface area (Å²) in [5, 5.41) is 5.56. The van der Waals surface area contributed by atoms with E-state index >= 15 is 0 Å².